The summed E-state index contributed by atoms with van der Waals surface area (Å²) < 4.78 is 0. The molecule has 4 nitrogen and oxygen atoms in total. The van der Waals surface area contributed by atoms with Crippen molar-refractivity contribution in [2.75, 3.05) is 31.1 Å². The van der Waals surface area contributed by atoms with Crippen molar-refractivity contribution in [1.29, 1.82) is 0 Å². The normalized spacial score (nSPS) is 16.4. The van der Waals surface area contributed by atoms with E-state index < -0.39 is 7.12 Å². The summed E-state index contributed by atoms with van der Waals surface area (Å²) >= 11 is 0. The molecule has 0 atom stereocenters. The number of benzene rings is 1. The van der Waals surface area contributed by atoms with E-state index in [4.69, 9.17) is 10.0 Å². The van der Waals surface area contributed by atoms with Gasteiger partial charge in [-0.05, 0) is 31.4 Å². The van der Waals surface area contributed by atoms with Gasteiger partial charge >= 0.3 is 7.12 Å². The first kappa shape index (κ1) is 16.3. The van der Waals surface area contributed by atoms with E-state index in [1.165, 1.54) is 0 Å². The fourth-order valence-corrected chi connectivity index (χ4v) is 2.35. The molecule has 1 fully saturated rings. The van der Waals surface area contributed by atoms with Gasteiger partial charge in [0, 0.05) is 37.9 Å². The summed E-state index contributed by atoms with van der Waals surface area (Å²) in [5, 5.41) is 18.1. The number of anilines is 1. The summed E-state index contributed by atoms with van der Waals surface area (Å²) in [5.74, 6) is 0. The number of halogens is 1. The lowest BCUT2D eigenvalue weighted by atomic mass is 9.80. The molecule has 2 rings (SSSR count). The van der Waals surface area contributed by atoms with Crippen molar-refractivity contribution in [2.45, 2.75) is 19.9 Å². The van der Waals surface area contributed by atoms with Crippen molar-refractivity contribution >= 4 is 30.7 Å². The van der Waals surface area contributed by atoms with E-state index in [1.807, 2.05) is 12.1 Å². The van der Waals surface area contributed by atoms with Crippen molar-refractivity contribution in [2.24, 2.45) is 0 Å². The number of nitrogens with zero attached hydrogens (tertiary/aromatic N) is 2. The zero-order chi connectivity index (χ0) is 13.1. The Labute approximate surface area is 121 Å². The third-order valence-electron chi connectivity index (χ3n) is 3.60. The standard InChI is InChI=1S/C13H21BN2O2.ClH/c1-11(2)15-7-9-16(10-8-15)13-5-3-12(4-6-13)14(17)18;/h3-6,11,17-18H,7-10H2,1-2H3;1H. The summed E-state index contributed by atoms with van der Waals surface area (Å²) in [7, 11) is -1.38. The van der Waals surface area contributed by atoms with E-state index in [-0.39, 0.29) is 12.4 Å². The van der Waals surface area contributed by atoms with Crippen LogP contribution in [0.1, 0.15) is 13.8 Å². The third-order valence-corrected chi connectivity index (χ3v) is 3.60. The highest BCUT2D eigenvalue weighted by Crippen LogP contribution is 2.16. The third kappa shape index (κ3) is 4.11. The molecule has 0 aromatic heterocycles. The number of rotatable bonds is 3. The van der Waals surface area contributed by atoms with Crippen LogP contribution in [0.5, 0.6) is 0 Å². The van der Waals surface area contributed by atoms with E-state index in [1.54, 1.807) is 12.1 Å². The van der Waals surface area contributed by atoms with Gasteiger partial charge in [0.25, 0.3) is 0 Å². The van der Waals surface area contributed by atoms with E-state index in [9.17, 15) is 0 Å². The van der Waals surface area contributed by atoms with Crippen LogP contribution in [0.3, 0.4) is 0 Å². The Morgan fingerprint density at radius 2 is 1.53 bits per heavy atom. The second-order valence-corrected chi connectivity index (χ2v) is 5.08. The molecule has 0 radical (unpaired) electrons. The summed E-state index contributed by atoms with van der Waals surface area (Å²) in [6.45, 7) is 8.68. The van der Waals surface area contributed by atoms with Crippen LogP contribution < -0.4 is 10.4 Å². The van der Waals surface area contributed by atoms with Crippen molar-refractivity contribution < 1.29 is 10.0 Å². The molecule has 2 N–H and O–H groups in total. The Balaban J connectivity index is 0.00000180. The maximum absolute atomic E-state index is 9.06. The lowest BCUT2D eigenvalue weighted by Crippen LogP contribution is -2.49. The molecule has 106 valence electrons. The minimum absolute atomic E-state index is 0. The lowest BCUT2D eigenvalue weighted by Gasteiger charge is -2.38. The van der Waals surface area contributed by atoms with Gasteiger partial charge in [-0.15, -0.1) is 12.4 Å². The van der Waals surface area contributed by atoms with Crippen LogP contribution in [0, 0.1) is 0 Å². The van der Waals surface area contributed by atoms with E-state index >= 15 is 0 Å². The van der Waals surface area contributed by atoms with Crippen molar-refractivity contribution in [3.63, 3.8) is 0 Å². The molecule has 1 aliphatic heterocycles. The summed E-state index contributed by atoms with van der Waals surface area (Å²) in [4.78, 5) is 4.81. The summed E-state index contributed by atoms with van der Waals surface area (Å²) in [6, 6.07) is 8.07. The smallest absolute Gasteiger partial charge is 0.423 e. The summed E-state index contributed by atoms with van der Waals surface area (Å²) in [6.07, 6.45) is 0. The van der Waals surface area contributed by atoms with Gasteiger partial charge < -0.3 is 14.9 Å². The van der Waals surface area contributed by atoms with Crippen molar-refractivity contribution in [3.05, 3.63) is 24.3 Å². The van der Waals surface area contributed by atoms with Crippen LogP contribution in [-0.4, -0.2) is 54.3 Å². The first-order chi connectivity index (χ1) is 8.58. The Kier molecular flexibility index (Phi) is 6.14. The second-order valence-electron chi connectivity index (χ2n) is 5.08. The van der Waals surface area contributed by atoms with Crippen LogP contribution in [0.15, 0.2) is 24.3 Å². The molecule has 1 aromatic rings. The Morgan fingerprint density at radius 3 is 1.95 bits per heavy atom. The Hall–Kier alpha value is -0.745. The molecular weight excluding hydrogens is 262 g/mol. The van der Waals surface area contributed by atoms with Crippen molar-refractivity contribution in [3.8, 4) is 0 Å². The Morgan fingerprint density at radius 1 is 1.00 bits per heavy atom. The van der Waals surface area contributed by atoms with Crippen LogP contribution in [0.4, 0.5) is 5.69 Å². The number of hydrogen-bond donors (Lipinski definition) is 2. The molecule has 1 heterocycles. The minimum atomic E-state index is -1.38. The highest BCUT2D eigenvalue weighted by molar-refractivity contribution is 6.58. The van der Waals surface area contributed by atoms with E-state index in [0.717, 1.165) is 31.9 Å². The fraction of sp³-hybridized carbons (Fsp3) is 0.538. The zero-order valence-electron chi connectivity index (χ0n) is 11.5. The number of piperazine rings is 1. The topological polar surface area (TPSA) is 46.9 Å². The van der Waals surface area contributed by atoms with Gasteiger partial charge in [0.15, 0.2) is 0 Å². The van der Waals surface area contributed by atoms with Gasteiger partial charge in [0.05, 0.1) is 0 Å². The van der Waals surface area contributed by atoms with Gasteiger partial charge in [-0.1, -0.05) is 12.1 Å². The average molecular weight is 285 g/mol. The van der Waals surface area contributed by atoms with Gasteiger partial charge in [-0.25, -0.2) is 0 Å². The first-order valence-corrected chi connectivity index (χ1v) is 6.53. The molecule has 19 heavy (non-hydrogen) atoms. The van der Waals surface area contributed by atoms with Gasteiger partial charge in [0.2, 0.25) is 0 Å². The monoisotopic (exact) mass is 284 g/mol. The molecular formula is C13H22BClN2O2. The SMILES string of the molecule is CC(C)N1CCN(c2ccc(B(O)O)cc2)CC1.Cl. The van der Waals surface area contributed by atoms with Crippen LogP contribution in [-0.2, 0) is 0 Å². The molecule has 0 unspecified atom stereocenters. The molecule has 1 aliphatic rings. The van der Waals surface area contributed by atoms with Crippen LogP contribution in [0.2, 0.25) is 0 Å². The maximum atomic E-state index is 9.06. The highest BCUT2D eigenvalue weighted by atomic mass is 35.5. The molecule has 0 bridgehead atoms. The molecule has 0 aliphatic carbocycles. The zero-order valence-corrected chi connectivity index (χ0v) is 12.3. The minimum Gasteiger partial charge on any atom is -0.423 e. The summed E-state index contributed by atoms with van der Waals surface area (Å²) in [5.41, 5.74) is 1.70. The molecule has 0 spiro atoms. The molecule has 6 heteroatoms. The van der Waals surface area contributed by atoms with Crippen LogP contribution >= 0.6 is 12.4 Å². The maximum Gasteiger partial charge on any atom is 0.488 e. The van der Waals surface area contributed by atoms with Gasteiger partial charge in [-0.2, -0.15) is 0 Å². The quantitative estimate of drug-likeness (QED) is 0.785. The lowest BCUT2D eigenvalue weighted by molar-refractivity contribution is 0.209. The second kappa shape index (κ2) is 7.15. The predicted octanol–water partition coefficient (Wildman–Crippen LogP) is 0.319. The van der Waals surface area contributed by atoms with Gasteiger partial charge in [-0.3, -0.25) is 4.90 Å². The number of hydrogen-bond acceptors (Lipinski definition) is 4. The van der Waals surface area contributed by atoms with Crippen molar-refractivity contribution in [1.82, 2.24) is 4.90 Å². The van der Waals surface area contributed by atoms with Crippen LogP contribution in [0.25, 0.3) is 0 Å². The van der Waals surface area contributed by atoms with E-state index in [0.29, 0.717) is 11.5 Å². The highest BCUT2D eigenvalue weighted by Gasteiger charge is 2.19. The fourth-order valence-electron chi connectivity index (χ4n) is 2.35. The Bertz CT molecular complexity index is 379. The van der Waals surface area contributed by atoms with E-state index in [2.05, 4.69) is 23.6 Å². The molecule has 1 saturated heterocycles. The molecule has 0 amide bonds. The predicted molar refractivity (Wildman–Crippen MR) is 82.4 cm³/mol. The first-order valence-electron chi connectivity index (χ1n) is 6.53. The molecule has 1 aromatic carbocycles. The molecule has 0 saturated carbocycles. The largest absolute Gasteiger partial charge is 0.488 e. The average Bonchev–Trinajstić information content (AvgIpc) is 2.39. The van der Waals surface area contributed by atoms with Gasteiger partial charge in [0.1, 0.15) is 0 Å².